The smallest absolute Gasteiger partial charge is 0.224 e. The average molecular weight is 381 g/mol. The molecule has 3 unspecified atom stereocenters. The number of amides is 1. The molecule has 27 heavy (non-hydrogen) atoms. The van der Waals surface area contributed by atoms with E-state index in [1.807, 2.05) is 18.2 Å². The molecule has 4 rings (SSSR count). The summed E-state index contributed by atoms with van der Waals surface area (Å²) in [6.45, 7) is 4.11. The zero-order valence-corrected chi connectivity index (χ0v) is 16.5. The maximum atomic E-state index is 12.1. The fourth-order valence-corrected chi connectivity index (χ4v) is 4.38. The normalized spacial score (nSPS) is 22.9. The Morgan fingerprint density at radius 3 is 2.74 bits per heavy atom. The van der Waals surface area contributed by atoms with Gasteiger partial charge in [-0.15, -0.1) is 0 Å². The van der Waals surface area contributed by atoms with E-state index in [2.05, 4.69) is 60.9 Å². The molecular weight excluding hydrogens is 356 g/mol. The molecule has 3 nitrogen and oxygen atoms in total. The van der Waals surface area contributed by atoms with Crippen LogP contribution in [0.4, 0.5) is 11.4 Å². The number of allylic oxidation sites excluding steroid dienone is 2. The Morgan fingerprint density at radius 2 is 2.00 bits per heavy atom. The number of anilines is 2. The van der Waals surface area contributed by atoms with Gasteiger partial charge in [-0.25, -0.2) is 0 Å². The molecule has 0 spiro atoms. The molecule has 2 aliphatic rings. The van der Waals surface area contributed by atoms with E-state index in [1.54, 1.807) is 0 Å². The standard InChI is InChI=1S/C23H25ClN2O/c1-14(2)12-22(27)25-17-10-11-21-20(13-17)18-4-3-5-19(18)23(26-21)15-6-8-16(24)9-7-15/h3-4,6-11,13-14,18-19,23,26H,5,12H2,1-2H3,(H,25,27). The average Bonchev–Trinajstić information content (AvgIpc) is 3.11. The Hall–Kier alpha value is -2.26. The molecule has 0 radical (unpaired) electrons. The highest BCUT2D eigenvalue weighted by Gasteiger charge is 2.37. The van der Waals surface area contributed by atoms with Crippen LogP contribution >= 0.6 is 11.6 Å². The van der Waals surface area contributed by atoms with Crippen molar-refractivity contribution >= 4 is 28.9 Å². The Bertz CT molecular complexity index is 872. The van der Waals surface area contributed by atoms with Crippen LogP contribution in [-0.2, 0) is 4.79 Å². The molecular formula is C23H25ClN2O. The van der Waals surface area contributed by atoms with Gasteiger partial charge in [0.1, 0.15) is 0 Å². The lowest BCUT2D eigenvalue weighted by Gasteiger charge is -2.37. The number of halogens is 1. The maximum Gasteiger partial charge on any atom is 0.224 e. The molecule has 2 aromatic rings. The lowest BCUT2D eigenvalue weighted by molar-refractivity contribution is -0.116. The highest BCUT2D eigenvalue weighted by molar-refractivity contribution is 6.30. The summed E-state index contributed by atoms with van der Waals surface area (Å²) >= 11 is 6.07. The van der Waals surface area contributed by atoms with E-state index < -0.39 is 0 Å². The molecule has 1 heterocycles. The van der Waals surface area contributed by atoms with E-state index in [1.165, 1.54) is 11.1 Å². The first-order valence-electron chi connectivity index (χ1n) is 9.63. The Balaban J connectivity index is 1.61. The van der Waals surface area contributed by atoms with Gasteiger partial charge in [0.05, 0.1) is 6.04 Å². The molecule has 4 heteroatoms. The molecule has 3 atom stereocenters. The molecule has 2 aromatic carbocycles. The van der Waals surface area contributed by atoms with Gasteiger partial charge in [-0.1, -0.05) is 49.7 Å². The summed E-state index contributed by atoms with van der Waals surface area (Å²) in [5, 5.41) is 7.53. The van der Waals surface area contributed by atoms with Crippen LogP contribution < -0.4 is 10.6 Å². The van der Waals surface area contributed by atoms with Gasteiger partial charge in [-0.2, -0.15) is 0 Å². The summed E-state index contributed by atoms with van der Waals surface area (Å²) in [7, 11) is 0. The number of hydrogen-bond donors (Lipinski definition) is 2. The van der Waals surface area contributed by atoms with E-state index in [0.29, 0.717) is 24.2 Å². The summed E-state index contributed by atoms with van der Waals surface area (Å²) < 4.78 is 0. The molecule has 1 aliphatic heterocycles. The fraction of sp³-hybridized carbons (Fsp3) is 0.348. The zero-order valence-electron chi connectivity index (χ0n) is 15.7. The Morgan fingerprint density at radius 1 is 1.22 bits per heavy atom. The quantitative estimate of drug-likeness (QED) is 0.624. The van der Waals surface area contributed by atoms with E-state index >= 15 is 0 Å². The minimum atomic E-state index is 0.0753. The minimum Gasteiger partial charge on any atom is -0.378 e. The third-order valence-corrected chi connectivity index (χ3v) is 5.72. The van der Waals surface area contributed by atoms with Gasteiger partial charge in [-0.3, -0.25) is 4.79 Å². The van der Waals surface area contributed by atoms with Crippen LogP contribution in [0.5, 0.6) is 0 Å². The number of nitrogens with one attached hydrogen (secondary N) is 2. The highest BCUT2D eigenvalue weighted by Crippen LogP contribution is 2.50. The van der Waals surface area contributed by atoms with Crippen LogP contribution in [0.3, 0.4) is 0 Å². The third-order valence-electron chi connectivity index (χ3n) is 5.47. The summed E-state index contributed by atoms with van der Waals surface area (Å²) in [5.41, 5.74) is 4.55. The van der Waals surface area contributed by atoms with Crippen molar-refractivity contribution in [2.45, 2.75) is 38.6 Å². The first kappa shape index (κ1) is 18.1. The number of benzene rings is 2. The maximum absolute atomic E-state index is 12.1. The number of fused-ring (bicyclic) bond motifs is 3. The van der Waals surface area contributed by atoms with Gasteiger partial charge in [-0.05, 0) is 59.7 Å². The third kappa shape index (κ3) is 3.74. The monoisotopic (exact) mass is 380 g/mol. The zero-order chi connectivity index (χ0) is 19.0. The second-order valence-corrected chi connectivity index (χ2v) is 8.41. The second-order valence-electron chi connectivity index (χ2n) is 7.98. The minimum absolute atomic E-state index is 0.0753. The molecule has 0 saturated carbocycles. The van der Waals surface area contributed by atoms with Gasteiger partial charge in [0.15, 0.2) is 0 Å². The first-order valence-corrected chi connectivity index (χ1v) is 10.0. The van der Waals surface area contributed by atoms with Gasteiger partial charge in [0.2, 0.25) is 5.91 Å². The van der Waals surface area contributed by atoms with E-state index in [-0.39, 0.29) is 11.9 Å². The number of rotatable bonds is 4. The summed E-state index contributed by atoms with van der Waals surface area (Å²) in [4.78, 5) is 12.1. The largest absolute Gasteiger partial charge is 0.378 e. The van der Waals surface area contributed by atoms with Gasteiger partial charge in [0, 0.05) is 28.7 Å². The summed E-state index contributed by atoms with van der Waals surface area (Å²) in [6, 6.07) is 14.6. The number of carbonyl (C=O) groups excluding carboxylic acids is 1. The SMILES string of the molecule is CC(C)CC(=O)Nc1ccc2c(c1)C1C=CCC1C(c1ccc(Cl)cc1)N2. The van der Waals surface area contributed by atoms with Crippen LogP contribution in [0, 0.1) is 11.8 Å². The van der Waals surface area contributed by atoms with Crippen molar-refractivity contribution in [3.05, 3.63) is 70.8 Å². The predicted octanol–water partition coefficient (Wildman–Crippen LogP) is 6.15. The Labute approximate surface area is 165 Å². The van der Waals surface area contributed by atoms with Crippen LogP contribution in [0.15, 0.2) is 54.6 Å². The van der Waals surface area contributed by atoms with Gasteiger partial charge < -0.3 is 10.6 Å². The van der Waals surface area contributed by atoms with Crippen molar-refractivity contribution in [3.8, 4) is 0 Å². The molecule has 1 amide bonds. The first-order chi connectivity index (χ1) is 13.0. The predicted molar refractivity (Wildman–Crippen MR) is 112 cm³/mol. The lowest BCUT2D eigenvalue weighted by atomic mass is 9.77. The van der Waals surface area contributed by atoms with Crippen LogP contribution in [-0.4, -0.2) is 5.91 Å². The second kappa shape index (κ2) is 7.40. The topological polar surface area (TPSA) is 41.1 Å². The Kier molecular flexibility index (Phi) is 4.96. The van der Waals surface area contributed by atoms with Gasteiger partial charge >= 0.3 is 0 Å². The van der Waals surface area contributed by atoms with Crippen molar-refractivity contribution in [1.29, 1.82) is 0 Å². The van der Waals surface area contributed by atoms with Crippen LogP contribution in [0.2, 0.25) is 5.02 Å². The number of carbonyl (C=O) groups is 1. The van der Waals surface area contributed by atoms with Crippen LogP contribution in [0.1, 0.15) is 49.8 Å². The van der Waals surface area contributed by atoms with Crippen molar-refractivity contribution in [2.24, 2.45) is 11.8 Å². The molecule has 2 N–H and O–H groups in total. The van der Waals surface area contributed by atoms with Gasteiger partial charge in [0.25, 0.3) is 0 Å². The highest BCUT2D eigenvalue weighted by atomic mass is 35.5. The molecule has 0 fully saturated rings. The fourth-order valence-electron chi connectivity index (χ4n) is 4.26. The van der Waals surface area contributed by atoms with Crippen molar-refractivity contribution < 1.29 is 4.79 Å². The van der Waals surface area contributed by atoms with Crippen LogP contribution in [0.25, 0.3) is 0 Å². The van der Waals surface area contributed by atoms with Crippen molar-refractivity contribution in [3.63, 3.8) is 0 Å². The van der Waals surface area contributed by atoms with E-state index in [4.69, 9.17) is 11.6 Å². The molecule has 0 saturated heterocycles. The lowest BCUT2D eigenvalue weighted by Crippen LogP contribution is -2.29. The van der Waals surface area contributed by atoms with E-state index in [0.717, 1.165) is 22.8 Å². The van der Waals surface area contributed by atoms with Crippen molar-refractivity contribution in [2.75, 3.05) is 10.6 Å². The molecule has 0 aromatic heterocycles. The molecule has 1 aliphatic carbocycles. The molecule has 0 bridgehead atoms. The van der Waals surface area contributed by atoms with E-state index in [9.17, 15) is 4.79 Å². The molecule has 140 valence electrons. The summed E-state index contributed by atoms with van der Waals surface area (Å²) in [5.74, 6) is 1.27. The van der Waals surface area contributed by atoms with Crippen molar-refractivity contribution in [1.82, 2.24) is 0 Å². The number of hydrogen-bond acceptors (Lipinski definition) is 2. The summed E-state index contributed by atoms with van der Waals surface area (Å²) in [6.07, 6.45) is 6.18.